The van der Waals surface area contributed by atoms with Crippen molar-refractivity contribution in [3.63, 3.8) is 0 Å². The van der Waals surface area contributed by atoms with Gasteiger partial charge in [0, 0.05) is 12.5 Å². The zero-order chi connectivity index (χ0) is 10.7. The summed E-state index contributed by atoms with van der Waals surface area (Å²) in [7, 11) is 0. The minimum absolute atomic E-state index is 0.242. The third-order valence-electron chi connectivity index (χ3n) is 3.77. The summed E-state index contributed by atoms with van der Waals surface area (Å²) in [6, 6.07) is 0. The molecule has 15 heavy (non-hydrogen) atoms. The fourth-order valence-corrected chi connectivity index (χ4v) is 2.30. The first-order valence-electron chi connectivity index (χ1n) is 6.26. The molecule has 1 heterocycles. The van der Waals surface area contributed by atoms with Crippen LogP contribution in [0, 0.1) is 17.8 Å². The Hall–Kier alpha value is -0.570. The van der Waals surface area contributed by atoms with E-state index in [0.29, 0.717) is 11.8 Å². The summed E-state index contributed by atoms with van der Waals surface area (Å²) in [4.78, 5) is 11.7. The van der Waals surface area contributed by atoms with Crippen molar-refractivity contribution in [1.82, 2.24) is 10.6 Å². The van der Waals surface area contributed by atoms with Gasteiger partial charge in [-0.1, -0.05) is 6.92 Å². The van der Waals surface area contributed by atoms with E-state index in [1.54, 1.807) is 0 Å². The first-order chi connectivity index (χ1) is 7.27. The second-order valence-electron chi connectivity index (χ2n) is 5.06. The Labute approximate surface area is 92.0 Å². The molecule has 1 saturated heterocycles. The van der Waals surface area contributed by atoms with Crippen LogP contribution in [-0.4, -0.2) is 25.5 Å². The Morgan fingerprint density at radius 2 is 2.00 bits per heavy atom. The lowest BCUT2D eigenvalue weighted by Crippen LogP contribution is -2.38. The summed E-state index contributed by atoms with van der Waals surface area (Å²) < 4.78 is 0. The number of amides is 1. The number of piperidine rings is 1. The van der Waals surface area contributed by atoms with Crippen LogP contribution in [0.3, 0.4) is 0 Å². The molecule has 3 nitrogen and oxygen atoms in total. The molecule has 1 aliphatic carbocycles. The molecule has 0 aromatic rings. The molecule has 2 N–H and O–H groups in total. The van der Waals surface area contributed by atoms with Gasteiger partial charge in [0.2, 0.25) is 5.91 Å². The Balaban J connectivity index is 1.65. The van der Waals surface area contributed by atoms with Crippen LogP contribution in [0.4, 0.5) is 0 Å². The van der Waals surface area contributed by atoms with Crippen LogP contribution in [0.1, 0.15) is 32.6 Å². The summed E-state index contributed by atoms with van der Waals surface area (Å²) >= 11 is 0. The normalized spacial score (nSPS) is 24.9. The molecule has 2 rings (SSSR count). The molecule has 2 fully saturated rings. The third kappa shape index (κ3) is 3.20. The summed E-state index contributed by atoms with van der Waals surface area (Å²) in [5.74, 6) is 1.89. The summed E-state index contributed by atoms with van der Waals surface area (Å²) in [5.41, 5.74) is 0. The highest BCUT2D eigenvalue weighted by molar-refractivity contribution is 5.78. The van der Waals surface area contributed by atoms with Crippen molar-refractivity contribution in [3.8, 4) is 0 Å². The maximum atomic E-state index is 11.7. The Morgan fingerprint density at radius 1 is 1.33 bits per heavy atom. The van der Waals surface area contributed by atoms with Crippen molar-refractivity contribution in [2.75, 3.05) is 19.6 Å². The van der Waals surface area contributed by atoms with Crippen molar-refractivity contribution in [2.45, 2.75) is 32.6 Å². The molecule has 1 unspecified atom stereocenters. The Morgan fingerprint density at radius 3 is 2.60 bits per heavy atom. The van der Waals surface area contributed by atoms with Gasteiger partial charge in [-0.25, -0.2) is 0 Å². The van der Waals surface area contributed by atoms with E-state index in [1.165, 1.54) is 25.7 Å². The van der Waals surface area contributed by atoms with Crippen molar-refractivity contribution >= 4 is 5.91 Å². The highest BCUT2D eigenvalue weighted by Gasteiger charge is 2.32. The minimum Gasteiger partial charge on any atom is -0.356 e. The van der Waals surface area contributed by atoms with Crippen LogP contribution in [0.5, 0.6) is 0 Å². The van der Waals surface area contributed by atoms with Crippen molar-refractivity contribution in [1.29, 1.82) is 0 Å². The summed E-state index contributed by atoms with van der Waals surface area (Å²) in [6.07, 6.45) is 4.92. The van der Waals surface area contributed by atoms with Gasteiger partial charge in [0.05, 0.1) is 0 Å². The van der Waals surface area contributed by atoms with Crippen molar-refractivity contribution < 1.29 is 4.79 Å². The van der Waals surface area contributed by atoms with Gasteiger partial charge < -0.3 is 10.6 Å². The highest BCUT2D eigenvalue weighted by Crippen LogP contribution is 2.36. The van der Waals surface area contributed by atoms with Crippen molar-refractivity contribution in [2.24, 2.45) is 17.8 Å². The quantitative estimate of drug-likeness (QED) is 0.731. The molecule has 1 aliphatic heterocycles. The molecule has 2 aliphatic rings. The van der Waals surface area contributed by atoms with Gasteiger partial charge in [-0.05, 0) is 50.6 Å². The molecule has 0 radical (unpaired) electrons. The fraction of sp³-hybridized carbons (Fsp3) is 0.917. The first-order valence-corrected chi connectivity index (χ1v) is 6.26. The van der Waals surface area contributed by atoms with Gasteiger partial charge >= 0.3 is 0 Å². The van der Waals surface area contributed by atoms with Crippen LogP contribution in [0.15, 0.2) is 0 Å². The topological polar surface area (TPSA) is 41.1 Å². The average molecular weight is 210 g/mol. The Kier molecular flexibility index (Phi) is 3.62. The zero-order valence-corrected chi connectivity index (χ0v) is 9.59. The number of hydrogen-bond donors (Lipinski definition) is 2. The van der Waals surface area contributed by atoms with Gasteiger partial charge in [-0.15, -0.1) is 0 Å². The summed E-state index contributed by atoms with van der Waals surface area (Å²) in [6.45, 7) is 5.17. The first kappa shape index (κ1) is 10.9. The summed E-state index contributed by atoms with van der Waals surface area (Å²) in [5, 5.41) is 6.45. The van der Waals surface area contributed by atoms with E-state index in [2.05, 4.69) is 17.6 Å². The maximum absolute atomic E-state index is 11.7. The average Bonchev–Trinajstić information content (AvgIpc) is 3.10. The third-order valence-corrected chi connectivity index (χ3v) is 3.77. The molecule has 1 saturated carbocycles. The number of nitrogens with one attached hydrogen (secondary N) is 2. The molecule has 86 valence electrons. The molecule has 1 amide bonds. The van der Waals surface area contributed by atoms with Gasteiger partial charge in [0.25, 0.3) is 0 Å². The molecule has 1 atom stereocenters. The second-order valence-corrected chi connectivity index (χ2v) is 5.06. The maximum Gasteiger partial charge on any atom is 0.223 e. The van der Waals surface area contributed by atoms with Crippen LogP contribution in [-0.2, 0) is 4.79 Å². The van der Waals surface area contributed by atoms with E-state index < -0.39 is 0 Å². The number of carbonyl (C=O) groups excluding carboxylic acids is 1. The Bertz CT molecular complexity index is 220. The van der Waals surface area contributed by atoms with Crippen LogP contribution >= 0.6 is 0 Å². The monoisotopic (exact) mass is 210 g/mol. The molecular weight excluding hydrogens is 188 g/mol. The van der Waals surface area contributed by atoms with E-state index in [-0.39, 0.29) is 11.8 Å². The lowest BCUT2D eigenvalue weighted by Gasteiger charge is -2.23. The predicted octanol–water partition coefficient (Wildman–Crippen LogP) is 1.15. The van der Waals surface area contributed by atoms with E-state index in [1.807, 2.05) is 0 Å². The largest absolute Gasteiger partial charge is 0.356 e. The minimum atomic E-state index is 0.242. The lowest BCUT2D eigenvalue weighted by molar-refractivity contribution is -0.125. The van der Waals surface area contributed by atoms with E-state index in [0.717, 1.165) is 19.6 Å². The van der Waals surface area contributed by atoms with Gasteiger partial charge in [-0.2, -0.15) is 0 Å². The number of hydrogen-bond acceptors (Lipinski definition) is 2. The molecule has 3 heteroatoms. The smallest absolute Gasteiger partial charge is 0.223 e. The number of rotatable bonds is 4. The SMILES string of the molecule is CC(C(=O)NCC1CCNCC1)C1CC1. The standard InChI is InChI=1S/C12H22N2O/c1-9(11-2-3-11)12(15)14-8-10-4-6-13-7-5-10/h9-11,13H,2-8H2,1H3,(H,14,15). The zero-order valence-electron chi connectivity index (χ0n) is 9.59. The molecular formula is C12H22N2O. The predicted molar refractivity (Wildman–Crippen MR) is 60.5 cm³/mol. The van der Waals surface area contributed by atoms with Gasteiger partial charge in [-0.3, -0.25) is 4.79 Å². The number of carbonyl (C=O) groups is 1. The van der Waals surface area contributed by atoms with Gasteiger partial charge in [0.1, 0.15) is 0 Å². The molecule has 0 spiro atoms. The second kappa shape index (κ2) is 4.97. The highest BCUT2D eigenvalue weighted by atomic mass is 16.1. The lowest BCUT2D eigenvalue weighted by atomic mass is 9.97. The van der Waals surface area contributed by atoms with Gasteiger partial charge in [0.15, 0.2) is 0 Å². The van der Waals surface area contributed by atoms with E-state index in [9.17, 15) is 4.79 Å². The molecule has 0 aromatic carbocycles. The van der Waals surface area contributed by atoms with Crippen LogP contribution in [0.2, 0.25) is 0 Å². The van der Waals surface area contributed by atoms with Crippen molar-refractivity contribution in [3.05, 3.63) is 0 Å². The molecule has 0 aromatic heterocycles. The van der Waals surface area contributed by atoms with E-state index in [4.69, 9.17) is 0 Å². The van der Waals surface area contributed by atoms with E-state index >= 15 is 0 Å². The fourth-order valence-electron chi connectivity index (χ4n) is 2.30. The van der Waals surface area contributed by atoms with Crippen LogP contribution in [0.25, 0.3) is 0 Å². The van der Waals surface area contributed by atoms with Crippen LogP contribution < -0.4 is 10.6 Å². The molecule has 0 bridgehead atoms.